The first-order valence-electron chi connectivity index (χ1n) is 4.72. The van der Waals surface area contributed by atoms with E-state index in [0.717, 1.165) is 11.3 Å². The number of pyridine rings is 1. The first-order chi connectivity index (χ1) is 7.74. The predicted octanol–water partition coefficient (Wildman–Crippen LogP) is 2.94. The molecule has 16 heavy (non-hydrogen) atoms. The van der Waals surface area contributed by atoms with Crippen LogP contribution >= 0.6 is 15.9 Å². The molecule has 3 aromatic rings. The lowest BCUT2D eigenvalue weighted by atomic mass is 10.3. The number of imidazole rings is 1. The van der Waals surface area contributed by atoms with Crippen molar-refractivity contribution in [1.29, 1.82) is 0 Å². The maximum atomic E-state index is 5.75. The number of fused-ring (bicyclic) bond motifs is 1. The highest BCUT2D eigenvalue weighted by molar-refractivity contribution is 9.10. The lowest BCUT2D eigenvalue weighted by Crippen LogP contribution is -1.91. The Morgan fingerprint density at radius 3 is 2.88 bits per heavy atom. The molecule has 0 saturated carbocycles. The van der Waals surface area contributed by atoms with Gasteiger partial charge < -0.3 is 10.2 Å². The fourth-order valence-electron chi connectivity index (χ4n) is 1.62. The molecule has 4 nitrogen and oxygen atoms in total. The highest BCUT2D eigenvalue weighted by atomic mass is 79.9. The quantitative estimate of drug-likeness (QED) is 0.744. The number of nitrogens with zero attached hydrogens (tertiary/aromatic N) is 2. The van der Waals surface area contributed by atoms with Crippen LogP contribution in [-0.2, 0) is 0 Å². The fourth-order valence-corrected chi connectivity index (χ4v) is 1.93. The summed E-state index contributed by atoms with van der Waals surface area (Å²) in [5, 5.41) is 0. The van der Waals surface area contributed by atoms with Gasteiger partial charge in [0.25, 0.3) is 0 Å². The second-order valence-corrected chi connectivity index (χ2v) is 4.22. The topological polar surface area (TPSA) is 56.5 Å². The molecule has 0 fully saturated rings. The molecule has 2 N–H and O–H groups in total. The smallest absolute Gasteiger partial charge is 0.180 e. The van der Waals surface area contributed by atoms with Crippen LogP contribution in [0.4, 0.5) is 5.69 Å². The van der Waals surface area contributed by atoms with Crippen LogP contribution in [0.25, 0.3) is 17.1 Å². The Bertz CT molecular complexity index is 656. The minimum Gasteiger partial charge on any atom is -0.446 e. The summed E-state index contributed by atoms with van der Waals surface area (Å²) < 4.78 is 8.06. The molecular formula is C11H8BrN3O. The summed E-state index contributed by atoms with van der Waals surface area (Å²) >= 11 is 3.27. The van der Waals surface area contributed by atoms with Gasteiger partial charge in [0, 0.05) is 11.9 Å². The number of hydrogen-bond donors (Lipinski definition) is 1. The van der Waals surface area contributed by atoms with Crippen LogP contribution in [0.1, 0.15) is 0 Å². The fraction of sp³-hybridized carbons (Fsp3) is 0. The summed E-state index contributed by atoms with van der Waals surface area (Å²) in [6.07, 6.45) is 3.61. The molecule has 5 heteroatoms. The van der Waals surface area contributed by atoms with Crippen molar-refractivity contribution < 1.29 is 4.42 Å². The SMILES string of the molecule is Nc1ccc2cnc(-c3ccc(Br)o3)n2c1. The molecule has 0 saturated heterocycles. The molecule has 0 amide bonds. The van der Waals surface area contributed by atoms with E-state index in [9.17, 15) is 0 Å². The van der Waals surface area contributed by atoms with Crippen LogP contribution in [0.2, 0.25) is 0 Å². The van der Waals surface area contributed by atoms with Gasteiger partial charge in [-0.3, -0.25) is 4.40 Å². The Hall–Kier alpha value is -1.75. The number of furan rings is 1. The Morgan fingerprint density at radius 1 is 1.25 bits per heavy atom. The predicted molar refractivity (Wildman–Crippen MR) is 65.0 cm³/mol. The Balaban J connectivity index is 2.27. The molecule has 3 aromatic heterocycles. The molecule has 0 radical (unpaired) electrons. The molecule has 0 unspecified atom stereocenters. The third kappa shape index (κ3) is 1.40. The third-order valence-corrected chi connectivity index (χ3v) is 2.77. The molecule has 0 atom stereocenters. The van der Waals surface area contributed by atoms with Gasteiger partial charge in [0.1, 0.15) is 0 Å². The van der Waals surface area contributed by atoms with Crippen molar-refractivity contribution in [2.75, 3.05) is 5.73 Å². The van der Waals surface area contributed by atoms with Crippen LogP contribution in [0.15, 0.2) is 45.7 Å². The van der Waals surface area contributed by atoms with Gasteiger partial charge >= 0.3 is 0 Å². The van der Waals surface area contributed by atoms with Gasteiger partial charge in [0.05, 0.1) is 11.7 Å². The number of rotatable bonds is 1. The van der Waals surface area contributed by atoms with E-state index in [1.165, 1.54) is 0 Å². The third-order valence-electron chi connectivity index (χ3n) is 2.34. The first kappa shape index (κ1) is 9.47. The van der Waals surface area contributed by atoms with Crippen molar-refractivity contribution in [2.45, 2.75) is 0 Å². The van der Waals surface area contributed by atoms with Gasteiger partial charge in [-0.2, -0.15) is 0 Å². The molecule has 3 rings (SSSR count). The summed E-state index contributed by atoms with van der Waals surface area (Å²) in [5.41, 5.74) is 7.42. The molecule has 80 valence electrons. The highest BCUT2D eigenvalue weighted by Crippen LogP contribution is 2.25. The maximum Gasteiger partial charge on any atom is 0.180 e. The Kier molecular flexibility index (Phi) is 2.00. The molecule has 0 aliphatic carbocycles. The van der Waals surface area contributed by atoms with Crippen LogP contribution < -0.4 is 5.73 Å². The van der Waals surface area contributed by atoms with Crippen LogP contribution in [-0.4, -0.2) is 9.38 Å². The van der Waals surface area contributed by atoms with E-state index in [4.69, 9.17) is 10.2 Å². The van der Waals surface area contributed by atoms with E-state index in [-0.39, 0.29) is 0 Å². The Morgan fingerprint density at radius 2 is 2.12 bits per heavy atom. The maximum absolute atomic E-state index is 5.75. The molecular weight excluding hydrogens is 270 g/mol. The van der Waals surface area contributed by atoms with E-state index in [0.29, 0.717) is 16.1 Å². The minimum absolute atomic E-state index is 0.683. The van der Waals surface area contributed by atoms with Gasteiger partial charge in [-0.05, 0) is 40.2 Å². The van der Waals surface area contributed by atoms with Crippen molar-refractivity contribution in [2.24, 2.45) is 0 Å². The van der Waals surface area contributed by atoms with E-state index in [1.54, 1.807) is 6.20 Å². The molecule has 0 aromatic carbocycles. The average molecular weight is 278 g/mol. The van der Waals surface area contributed by atoms with Crippen LogP contribution in [0, 0.1) is 0 Å². The lowest BCUT2D eigenvalue weighted by molar-refractivity contribution is 0.551. The van der Waals surface area contributed by atoms with Crippen molar-refractivity contribution in [3.05, 3.63) is 41.3 Å². The van der Waals surface area contributed by atoms with Gasteiger partial charge in [-0.1, -0.05) is 0 Å². The zero-order valence-corrected chi connectivity index (χ0v) is 9.81. The monoisotopic (exact) mass is 277 g/mol. The van der Waals surface area contributed by atoms with E-state index in [2.05, 4.69) is 20.9 Å². The van der Waals surface area contributed by atoms with E-state index >= 15 is 0 Å². The molecule has 0 spiro atoms. The summed E-state index contributed by atoms with van der Waals surface area (Å²) in [6, 6.07) is 7.47. The average Bonchev–Trinajstić information content (AvgIpc) is 2.83. The van der Waals surface area contributed by atoms with Gasteiger partial charge in [0.2, 0.25) is 0 Å². The molecule has 0 aliphatic rings. The zero-order chi connectivity index (χ0) is 11.1. The van der Waals surface area contributed by atoms with Gasteiger partial charge in [0.15, 0.2) is 16.3 Å². The molecule has 3 heterocycles. The number of aromatic nitrogens is 2. The normalized spacial score (nSPS) is 11.1. The molecule has 0 bridgehead atoms. The number of halogens is 1. The van der Waals surface area contributed by atoms with Crippen molar-refractivity contribution in [3.8, 4) is 11.6 Å². The summed E-state index contributed by atoms with van der Waals surface area (Å²) in [5.74, 6) is 1.45. The lowest BCUT2D eigenvalue weighted by Gasteiger charge is -1.99. The summed E-state index contributed by atoms with van der Waals surface area (Å²) in [6.45, 7) is 0. The molecule has 0 aliphatic heterocycles. The second kappa shape index (κ2) is 3.38. The number of nitrogen functional groups attached to an aromatic ring is 1. The highest BCUT2D eigenvalue weighted by Gasteiger charge is 2.09. The van der Waals surface area contributed by atoms with Crippen molar-refractivity contribution in [1.82, 2.24) is 9.38 Å². The summed E-state index contributed by atoms with van der Waals surface area (Å²) in [4.78, 5) is 4.31. The Labute approximate surface area is 99.8 Å². The summed E-state index contributed by atoms with van der Waals surface area (Å²) in [7, 11) is 0. The zero-order valence-electron chi connectivity index (χ0n) is 8.22. The standard InChI is InChI=1S/C11H8BrN3O/c12-10-4-3-9(16-10)11-14-5-8-2-1-7(13)6-15(8)11/h1-6H,13H2. The first-order valence-corrected chi connectivity index (χ1v) is 5.51. The minimum atomic E-state index is 0.683. The van der Waals surface area contributed by atoms with Gasteiger partial charge in [-0.15, -0.1) is 0 Å². The number of hydrogen-bond acceptors (Lipinski definition) is 3. The van der Waals surface area contributed by atoms with Crippen LogP contribution in [0.3, 0.4) is 0 Å². The largest absolute Gasteiger partial charge is 0.446 e. The van der Waals surface area contributed by atoms with Crippen molar-refractivity contribution in [3.63, 3.8) is 0 Å². The second-order valence-electron chi connectivity index (χ2n) is 3.44. The van der Waals surface area contributed by atoms with Crippen molar-refractivity contribution >= 4 is 27.1 Å². The van der Waals surface area contributed by atoms with Crippen LogP contribution in [0.5, 0.6) is 0 Å². The van der Waals surface area contributed by atoms with E-state index in [1.807, 2.05) is 34.9 Å². The number of nitrogens with two attached hydrogens (primary N) is 1. The number of anilines is 1. The van der Waals surface area contributed by atoms with Gasteiger partial charge in [-0.25, -0.2) is 4.98 Å². The van der Waals surface area contributed by atoms with E-state index < -0.39 is 0 Å².